The number of allylic oxidation sites excluding steroid dienone is 4. The van der Waals surface area contributed by atoms with E-state index >= 15 is 0 Å². The van der Waals surface area contributed by atoms with Gasteiger partial charge in [-0.3, -0.25) is 0 Å². The van der Waals surface area contributed by atoms with Crippen molar-refractivity contribution in [3.8, 4) is 45.4 Å². The summed E-state index contributed by atoms with van der Waals surface area (Å²) in [6.45, 7) is 16.5. The molecule has 0 bridgehead atoms. The second-order valence-corrected chi connectivity index (χ2v) is 13.1. The third kappa shape index (κ3) is 6.03. The number of rotatable bonds is 10. The Morgan fingerprint density at radius 2 is 1.21 bits per heavy atom. The van der Waals surface area contributed by atoms with Gasteiger partial charge in [-0.1, -0.05) is 142 Å². The molecule has 7 heteroatoms. The van der Waals surface area contributed by atoms with E-state index in [1.54, 1.807) is 18.2 Å². The Morgan fingerprint density at radius 1 is 0.554 bits per heavy atom. The van der Waals surface area contributed by atoms with E-state index in [9.17, 15) is 0 Å². The first kappa shape index (κ1) is 34.0. The predicted molar refractivity (Wildman–Crippen MR) is 227 cm³/mol. The standard InChI is InChI=1S/C49H33N5O2/c1-5-17-31(6-2)46-50-43(45-44(51-46)38-24-14-15-25-40(38)56-45)35-23-16-22-34(28-35)30(4)42-37-27-26-36(29-41(37)55-39(42)7-3)49-53-47(32-18-10-8-11-19-32)52-48(54-49)33-20-12-9-13-21-33/h5-29H,1-4H2/b31-17+. The first-order chi connectivity index (χ1) is 27.5. The molecule has 5 aromatic carbocycles. The lowest BCUT2D eigenvalue weighted by atomic mass is 9.94. The number of benzene rings is 5. The zero-order valence-corrected chi connectivity index (χ0v) is 30.3. The maximum atomic E-state index is 6.46. The second kappa shape index (κ2) is 14.2. The van der Waals surface area contributed by atoms with Crippen LogP contribution >= 0.6 is 0 Å². The molecule has 4 heterocycles. The molecule has 7 nitrogen and oxygen atoms in total. The molecule has 9 aromatic rings. The lowest BCUT2D eigenvalue weighted by Crippen LogP contribution is -2.00. The Labute approximate surface area is 323 Å². The number of hydrogen-bond donors (Lipinski definition) is 0. The number of para-hydroxylation sites is 1. The molecule has 0 N–H and O–H groups in total. The molecule has 0 aliphatic carbocycles. The van der Waals surface area contributed by atoms with Crippen molar-refractivity contribution >= 4 is 50.3 Å². The van der Waals surface area contributed by atoms with Crippen molar-refractivity contribution in [3.63, 3.8) is 0 Å². The van der Waals surface area contributed by atoms with Crippen LogP contribution in [0.25, 0.3) is 95.7 Å². The summed E-state index contributed by atoms with van der Waals surface area (Å²) in [7, 11) is 0. The van der Waals surface area contributed by atoms with Gasteiger partial charge in [-0.05, 0) is 47.5 Å². The molecule has 0 unspecified atom stereocenters. The van der Waals surface area contributed by atoms with Gasteiger partial charge in [0.05, 0.1) is 0 Å². The first-order valence-corrected chi connectivity index (χ1v) is 18.0. The summed E-state index contributed by atoms with van der Waals surface area (Å²) < 4.78 is 12.8. The largest absolute Gasteiger partial charge is 0.456 e. The Bertz CT molecular complexity index is 2990. The molecular weight excluding hydrogens is 691 g/mol. The Morgan fingerprint density at radius 3 is 1.89 bits per heavy atom. The van der Waals surface area contributed by atoms with Crippen LogP contribution in [0.3, 0.4) is 0 Å². The van der Waals surface area contributed by atoms with Gasteiger partial charge in [0.15, 0.2) is 28.9 Å². The van der Waals surface area contributed by atoms with Crippen LogP contribution in [-0.2, 0) is 0 Å². The Balaban J connectivity index is 1.14. The highest BCUT2D eigenvalue weighted by molar-refractivity contribution is 6.07. The van der Waals surface area contributed by atoms with Crippen molar-refractivity contribution in [1.29, 1.82) is 0 Å². The fourth-order valence-corrected chi connectivity index (χ4v) is 6.92. The number of aromatic nitrogens is 5. The Kier molecular flexibility index (Phi) is 8.64. The molecule has 0 aliphatic rings. The normalized spacial score (nSPS) is 11.6. The Hall–Kier alpha value is -7.77. The van der Waals surface area contributed by atoms with Crippen LogP contribution in [-0.4, -0.2) is 24.9 Å². The summed E-state index contributed by atoms with van der Waals surface area (Å²) in [5.41, 5.74) is 10.0. The summed E-state index contributed by atoms with van der Waals surface area (Å²) in [6.07, 6.45) is 6.98. The minimum absolute atomic E-state index is 0.522. The molecule has 0 fully saturated rings. The molecule has 0 atom stereocenters. The fourth-order valence-electron chi connectivity index (χ4n) is 6.92. The summed E-state index contributed by atoms with van der Waals surface area (Å²) in [6, 6.07) is 41.8. The summed E-state index contributed by atoms with van der Waals surface area (Å²) >= 11 is 0. The van der Waals surface area contributed by atoms with Gasteiger partial charge in [0.2, 0.25) is 0 Å². The van der Waals surface area contributed by atoms with E-state index in [1.807, 2.05) is 127 Å². The third-order valence-electron chi connectivity index (χ3n) is 9.64. The van der Waals surface area contributed by atoms with Gasteiger partial charge in [-0.25, -0.2) is 24.9 Å². The second-order valence-electron chi connectivity index (χ2n) is 13.1. The molecule has 0 spiro atoms. The zero-order valence-electron chi connectivity index (χ0n) is 30.3. The van der Waals surface area contributed by atoms with Crippen LogP contribution in [0.2, 0.25) is 0 Å². The molecule has 0 aliphatic heterocycles. The van der Waals surface area contributed by atoms with Crippen LogP contribution in [0.15, 0.2) is 181 Å². The van der Waals surface area contributed by atoms with Gasteiger partial charge in [-0.15, -0.1) is 0 Å². The van der Waals surface area contributed by atoms with E-state index in [0.717, 1.165) is 66.4 Å². The van der Waals surface area contributed by atoms with Crippen molar-refractivity contribution in [3.05, 3.63) is 195 Å². The van der Waals surface area contributed by atoms with E-state index in [0.29, 0.717) is 45.9 Å². The minimum atomic E-state index is 0.522. The lowest BCUT2D eigenvalue weighted by molar-refractivity contribution is 0.603. The summed E-state index contributed by atoms with van der Waals surface area (Å²) in [4.78, 5) is 24.6. The highest BCUT2D eigenvalue weighted by Crippen LogP contribution is 2.40. The highest BCUT2D eigenvalue weighted by Gasteiger charge is 2.22. The quantitative estimate of drug-likeness (QED) is 0.130. The van der Waals surface area contributed by atoms with Gasteiger partial charge in [-0.2, -0.15) is 0 Å². The molecule has 4 aromatic heterocycles. The SMILES string of the molecule is C=C/C=C(\C=C)c1nc(-c2cccc(C(=C)c3c(C=C)oc4cc(-c5nc(-c6ccccc6)nc(-c6ccccc6)n5)ccc34)c2)c2oc3ccccc3c2n1. The molecule has 0 radical (unpaired) electrons. The maximum absolute atomic E-state index is 6.46. The van der Waals surface area contributed by atoms with Crippen molar-refractivity contribution < 1.29 is 8.83 Å². The highest BCUT2D eigenvalue weighted by atomic mass is 16.3. The number of nitrogens with zero attached hydrogens (tertiary/aromatic N) is 5. The van der Waals surface area contributed by atoms with Gasteiger partial charge >= 0.3 is 0 Å². The number of furan rings is 2. The number of hydrogen-bond acceptors (Lipinski definition) is 7. The molecule has 56 heavy (non-hydrogen) atoms. The average Bonchev–Trinajstić information content (AvgIpc) is 3.83. The monoisotopic (exact) mass is 723 g/mol. The minimum Gasteiger partial charge on any atom is -0.456 e. The van der Waals surface area contributed by atoms with Gasteiger partial charge in [0, 0.05) is 44.2 Å². The smallest absolute Gasteiger partial charge is 0.180 e. The van der Waals surface area contributed by atoms with Crippen molar-refractivity contribution in [2.45, 2.75) is 0 Å². The van der Waals surface area contributed by atoms with Crippen LogP contribution in [0, 0.1) is 0 Å². The average molecular weight is 724 g/mol. The van der Waals surface area contributed by atoms with Crippen molar-refractivity contribution in [2.75, 3.05) is 0 Å². The third-order valence-corrected chi connectivity index (χ3v) is 9.64. The van der Waals surface area contributed by atoms with Gasteiger partial charge in [0.25, 0.3) is 0 Å². The lowest BCUT2D eigenvalue weighted by Gasteiger charge is -2.10. The van der Waals surface area contributed by atoms with Crippen LogP contribution < -0.4 is 0 Å². The topological polar surface area (TPSA) is 90.7 Å². The van der Waals surface area contributed by atoms with Gasteiger partial charge < -0.3 is 8.83 Å². The molecular formula is C49H33N5O2. The van der Waals surface area contributed by atoms with Gasteiger partial charge in [0.1, 0.15) is 28.1 Å². The maximum Gasteiger partial charge on any atom is 0.180 e. The molecule has 0 saturated carbocycles. The fraction of sp³-hybridized carbons (Fsp3) is 0. The van der Waals surface area contributed by atoms with E-state index < -0.39 is 0 Å². The molecule has 0 saturated heterocycles. The van der Waals surface area contributed by atoms with E-state index in [-0.39, 0.29) is 0 Å². The molecule has 9 rings (SSSR count). The first-order valence-electron chi connectivity index (χ1n) is 18.0. The predicted octanol–water partition coefficient (Wildman–Crippen LogP) is 12.4. The molecule has 266 valence electrons. The van der Waals surface area contributed by atoms with Crippen molar-refractivity contribution in [1.82, 2.24) is 24.9 Å². The summed E-state index contributed by atoms with van der Waals surface area (Å²) in [5.74, 6) is 2.83. The zero-order chi connectivity index (χ0) is 38.2. The summed E-state index contributed by atoms with van der Waals surface area (Å²) in [5, 5.41) is 1.79. The van der Waals surface area contributed by atoms with Crippen LogP contribution in [0.5, 0.6) is 0 Å². The van der Waals surface area contributed by atoms with Crippen molar-refractivity contribution in [2.24, 2.45) is 0 Å². The van der Waals surface area contributed by atoms with E-state index in [1.165, 1.54) is 0 Å². The van der Waals surface area contributed by atoms with Crippen LogP contribution in [0.1, 0.15) is 22.7 Å². The van der Waals surface area contributed by atoms with E-state index in [2.05, 4.69) is 32.4 Å². The molecule has 0 amide bonds. The van der Waals surface area contributed by atoms with E-state index in [4.69, 9.17) is 33.8 Å². The number of fused-ring (bicyclic) bond motifs is 4. The van der Waals surface area contributed by atoms with Crippen LogP contribution in [0.4, 0.5) is 0 Å².